The minimum absolute atomic E-state index is 0.438. The molecule has 0 saturated carbocycles. The lowest BCUT2D eigenvalue weighted by atomic mass is 10.1. The second-order valence-corrected chi connectivity index (χ2v) is 6.52. The lowest BCUT2D eigenvalue weighted by molar-refractivity contribution is 0.457. The van der Waals surface area contributed by atoms with Gasteiger partial charge in [0.2, 0.25) is 0 Å². The largest absolute Gasteiger partial charge is 0.429 e. The quantitative estimate of drug-likeness (QED) is 0.588. The van der Waals surface area contributed by atoms with E-state index in [1.165, 1.54) is 4.90 Å². The number of fused-ring (bicyclic) bond motifs is 2. The molecular weight excluding hydrogens is 314 g/mol. The van der Waals surface area contributed by atoms with Crippen molar-refractivity contribution in [2.24, 2.45) is 0 Å². The van der Waals surface area contributed by atoms with Gasteiger partial charge in [-0.25, -0.2) is 4.98 Å². The topological polar surface area (TPSA) is 28.6 Å². The van der Waals surface area contributed by atoms with Gasteiger partial charge in [0, 0.05) is 23.7 Å². The molecule has 0 aliphatic carbocycles. The Balaban J connectivity index is 1.78. The number of rotatable bonds is 1. The first-order valence-corrected chi connectivity index (χ1v) is 8.07. The van der Waals surface area contributed by atoms with Gasteiger partial charge < -0.3 is 9.04 Å². The molecule has 2 aliphatic rings. The molecule has 2 aliphatic heterocycles. The van der Waals surface area contributed by atoms with E-state index in [-0.39, 0.29) is 0 Å². The molecule has 0 unspecified atom stereocenters. The first-order chi connectivity index (χ1) is 10.7. The first-order valence-electron chi connectivity index (χ1n) is 6.88. The summed E-state index contributed by atoms with van der Waals surface area (Å²) < 4.78 is 8.13. The highest BCUT2D eigenvalue weighted by Crippen LogP contribution is 2.42. The Morgan fingerprint density at radius 3 is 2.82 bits per heavy atom. The Kier molecular flexibility index (Phi) is 3.28. The van der Waals surface area contributed by atoms with Crippen LogP contribution in [-0.4, -0.2) is 28.1 Å². The van der Waals surface area contributed by atoms with Crippen LogP contribution >= 0.6 is 24.2 Å². The molecule has 0 radical (unpaired) electrons. The van der Waals surface area contributed by atoms with Gasteiger partial charge in [-0.1, -0.05) is 18.2 Å². The normalized spacial score (nSPS) is 17.0. The summed E-state index contributed by atoms with van der Waals surface area (Å²) in [5, 5.41) is 0.438. The number of anilines is 1. The Hall–Kier alpha value is -2.05. The summed E-state index contributed by atoms with van der Waals surface area (Å²) in [4.78, 5) is 7.46. The van der Waals surface area contributed by atoms with Gasteiger partial charge in [-0.05, 0) is 48.4 Å². The average molecular weight is 327 g/mol. The van der Waals surface area contributed by atoms with Gasteiger partial charge in [-0.2, -0.15) is 0 Å². The maximum Gasteiger partial charge on any atom is 0.271 e. The summed E-state index contributed by atoms with van der Waals surface area (Å²) in [6.07, 6.45) is 1.76. The van der Waals surface area contributed by atoms with Crippen LogP contribution in [0.1, 0.15) is 5.56 Å². The molecule has 6 heteroatoms. The van der Waals surface area contributed by atoms with Crippen molar-refractivity contribution in [3.8, 4) is 0 Å². The van der Waals surface area contributed by atoms with Crippen LogP contribution in [0.5, 0.6) is 0 Å². The van der Waals surface area contributed by atoms with Crippen molar-refractivity contribution >= 4 is 40.9 Å². The van der Waals surface area contributed by atoms with Crippen molar-refractivity contribution in [2.75, 3.05) is 18.5 Å². The van der Waals surface area contributed by atoms with Crippen LogP contribution in [0.2, 0.25) is 0 Å². The van der Waals surface area contributed by atoms with Crippen molar-refractivity contribution in [2.45, 2.75) is 4.90 Å². The second kappa shape index (κ2) is 5.30. The Labute approximate surface area is 138 Å². The van der Waals surface area contributed by atoms with Crippen LogP contribution in [0.15, 0.2) is 59.3 Å². The van der Waals surface area contributed by atoms with Gasteiger partial charge in [0.15, 0.2) is 5.76 Å². The zero-order valence-electron chi connectivity index (χ0n) is 11.9. The summed E-state index contributed by atoms with van der Waals surface area (Å²) in [6, 6.07) is 14.0. The molecule has 0 fully saturated rings. The fraction of sp³-hybridized carbons (Fsp3) is 0.125. The number of hydrogen-bond acceptors (Lipinski definition) is 5. The van der Waals surface area contributed by atoms with Crippen molar-refractivity contribution in [1.82, 2.24) is 9.29 Å². The minimum Gasteiger partial charge on any atom is -0.429 e. The summed E-state index contributed by atoms with van der Waals surface area (Å²) in [6.45, 7) is 0.656. The average Bonchev–Trinajstić information content (AvgIpc) is 2.55. The number of ether oxygens (including phenoxy) is 1. The zero-order chi connectivity index (χ0) is 15.1. The number of benzene rings is 1. The van der Waals surface area contributed by atoms with Crippen LogP contribution in [0.25, 0.3) is 5.76 Å². The third-order valence-corrected chi connectivity index (χ3v) is 5.00. The first kappa shape index (κ1) is 13.6. The molecule has 0 N–H and O–H groups in total. The molecule has 2 aromatic rings. The van der Waals surface area contributed by atoms with Crippen molar-refractivity contribution in [1.29, 1.82) is 0 Å². The van der Waals surface area contributed by atoms with Gasteiger partial charge in [0.05, 0.1) is 12.2 Å². The van der Waals surface area contributed by atoms with Gasteiger partial charge >= 0.3 is 0 Å². The van der Waals surface area contributed by atoms with E-state index >= 15 is 0 Å². The highest BCUT2D eigenvalue weighted by atomic mass is 32.2. The van der Waals surface area contributed by atoms with Gasteiger partial charge in [-0.15, -0.1) is 0 Å². The molecule has 0 saturated heterocycles. The van der Waals surface area contributed by atoms with Crippen molar-refractivity contribution in [3.63, 3.8) is 0 Å². The van der Waals surface area contributed by atoms with E-state index in [2.05, 4.69) is 21.4 Å². The predicted molar refractivity (Wildman–Crippen MR) is 92.2 cm³/mol. The molecule has 0 bridgehead atoms. The Bertz CT molecular complexity index is 776. The number of likely N-dealkylation sites (N-methyl/N-ethyl adjacent to an activating group) is 1. The van der Waals surface area contributed by atoms with E-state index in [1.54, 1.807) is 18.1 Å². The van der Waals surface area contributed by atoms with E-state index in [0.29, 0.717) is 11.7 Å². The molecule has 1 aromatic carbocycles. The zero-order valence-corrected chi connectivity index (χ0v) is 13.5. The second-order valence-electron chi connectivity index (χ2n) is 5.00. The lowest BCUT2D eigenvalue weighted by Gasteiger charge is -2.38. The fourth-order valence-corrected chi connectivity index (χ4v) is 3.75. The molecule has 0 amide bonds. The summed E-state index contributed by atoms with van der Waals surface area (Å²) in [7, 11) is 2.05. The summed E-state index contributed by atoms with van der Waals surface area (Å²) in [5.74, 6) is 1.66. The van der Waals surface area contributed by atoms with Crippen molar-refractivity contribution in [3.05, 3.63) is 59.9 Å². The van der Waals surface area contributed by atoms with Crippen LogP contribution < -0.4 is 4.90 Å². The maximum absolute atomic E-state index is 6.00. The van der Waals surface area contributed by atoms with Crippen molar-refractivity contribution < 1.29 is 4.74 Å². The number of nitrogens with zero attached hydrogens (tertiary/aromatic N) is 3. The summed E-state index contributed by atoms with van der Waals surface area (Å²) in [5.41, 5.74) is 2.20. The highest BCUT2D eigenvalue weighted by Gasteiger charge is 2.33. The predicted octanol–water partition coefficient (Wildman–Crippen LogP) is 3.52. The third-order valence-electron chi connectivity index (χ3n) is 3.65. The summed E-state index contributed by atoms with van der Waals surface area (Å²) >= 11 is 7.15. The van der Waals surface area contributed by atoms with Crippen LogP contribution in [0.3, 0.4) is 0 Å². The molecule has 22 heavy (non-hydrogen) atoms. The number of thiocarbonyl (C=S) groups is 1. The molecule has 110 valence electrons. The van der Waals surface area contributed by atoms with E-state index in [1.807, 2.05) is 42.3 Å². The third kappa shape index (κ3) is 2.15. The Morgan fingerprint density at radius 1 is 1.18 bits per heavy atom. The molecular formula is C16H13N3OS2. The maximum atomic E-state index is 6.00. The van der Waals surface area contributed by atoms with Crippen LogP contribution in [0.4, 0.5) is 5.82 Å². The lowest BCUT2D eigenvalue weighted by Crippen LogP contribution is -2.41. The molecule has 4 rings (SSSR count). The standard InChI is InChI=1S/C16H13N3OS2/c1-18-12-10-19(14-8-4-5-9-17-14)16(21)20-15(12)11-6-2-3-7-13(11)22-18/h2-9H,10H2,1H3. The van der Waals surface area contributed by atoms with Gasteiger partial charge in [-0.3, -0.25) is 4.90 Å². The van der Waals surface area contributed by atoms with E-state index < -0.39 is 0 Å². The fourth-order valence-electron chi connectivity index (χ4n) is 2.56. The van der Waals surface area contributed by atoms with E-state index in [0.717, 1.165) is 22.8 Å². The smallest absolute Gasteiger partial charge is 0.271 e. The number of aromatic nitrogens is 1. The minimum atomic E-state index is 0.438. The number of hydrogen-bond donors (Lipinski definition) is 0. The van der Waals surface area contributed by atoms with Gasteiger partial charge in [0.1, 0.15) is 5.82 Å². The number of pyridine rings is 1. The molecule has 1 aromatic heterocycles. The van der Waals surface area contributed by atoms with E-state index in [9.17, 15) is 0 Å². The molecule has 3 heterocycles. The SMILES string of the molecule is CN1Sc2ccccc2C2=C1CN(c1ccccn1)C(=S)O2. The molecule has 4 nitrogen and oxygen atoms in total. The van der Waals surface area contributed by atoms with E-state index in [4.69, 9.17) is 17.0 Å². The Morgan fingerprint density at radius 2 is 2.00 bits per heavy atom. The highest BCUT2D eigenvalue weighted by molar-refractivity contribution is 7.97. The molecule has 0 spiro atoms. The monoisotopic (exact) mass is 327 g/mol. The van der Waals surface area contributed by atoms with Crippen LogP contribution in [0, 0.1) is 0 Å². The van der Waals surface area contributed by atoms with Gasteiger partial charge in [0.25, 0.3) is 5.17 Å². The van der Waals surface area contributed by atoms with Crippen LogP contribution in [-0.2, 0) is 4.74 Å². The molecule has 0 atom stereocenters.